The van der Waals surface area contributed by atoms with Crippen molar-refractivity contribution in [3.05, 3.63) is 53.1 Å². The molecule has 0 bridgehead atoms. The van der Waals surface area contributed by atoms with Gasteiger partial charge in [0.25, 0.3) is 0 Å². The smallest absolute Gasteiger partial charge is 0.110 e. The maximum atomic E-state index is 6.21. The van der Waals surface area contributed by atoms with Gasteiger partial charge in [0.15, 0.2) is 0 Å². The van der Waals surface area contributed by atoms with Gasteiger partial charge in [-0.3, -0.25) is 0 Å². The average Bonchev–Trinajstić information content (AvgIpc) is 2.77. The van der Waals surface area contributed by atoms with Crippen LogP contribution < -0.4 is 5.73 Å². The summed E-state index contributed by atoms with van der Waals surface area (Å²) in [5, 5.41) is 0.722. The predicted octanol–water partition coefficient (Wildman–Crippen LogP) is 3.19. The van der Waals surface area contributed by atoms with Crippen LogP contribution in [0.5, 0.6) is 0 Å². The number of aromatic nitrogens is 2. The Morgan fingerprint density at radius 1 is 1.44 bits per heavy atom. The molecule has 0 amide bonds. The van der Waals surface area contributed by atoms with E-state index < -0.39 is 0 Å². The molecule has 96 valence electrons. The van der Waals surface area contributed by atoms with E-state index in [2.05, 4.69) is 16.5 Å². The van der Waals surface area contributed by atoms with Gasteiger partial charge in [0.1, 0.15) is 5.82 Å². The van der Waals surface area contributed by atoms with Crippen LogP contribution in [0, 0.1) is 0 Å². The van der Waals surface area contributed by atoms with Crippen LogP contribution >= 0.6 is 11.6 Å². The van der Waals surface area contributed by atoms with E-state index in [0.717, 1.165) is 35.8 Å². The van der Waals surface area contributed by atoms with Gasteiger partial charge in [0.05, 0.1) is 0 Å². The highest BCUT2D eigenvalue weighted by Crippen LogP contribution is 2.19. The van der Waals surface area contributed by atoms with Gasteiger partial charge in [-0.15, -0.1) is 0 Å². The molecule has 2 N–H and O–H groups in total. The van der Waals surface area contributed by atoms with Crippen molar-refractivity contribution >= 4 is 11.6 Å². The maximum absolute atomic E-state index is 6.21. The molecule has 0 aliphatic rings. The molecule has 0 spiro atoms. The minimum absolute atomic E-state index is 0.0679. The van der Waals surface area contributed by atoms with E-state index in [1.54, 1.807) is 0 Å². The molecule has 18 heavy (non-hydrogen) atoms. The Morgan fingerprint density at radius 2 is 2.28 bits per heavy atom. The van der Waals surface area contributed by atoms with Gasteiger partial charge < -0.3 is 10.3 Å². The van der Waals surface area contributed by atoms with Gasteiger partial charge in [-0.25, -0.2) is 4.98 Å². The van der Waals surface area contributed by atoms with E-state index in [9.17, 15) is 0 Å². The van der Waals surface area contributed by atoms with Crippen molar-refractivity contribution in [2.75, 3.05) is 0 Å². The summed E-state index contributed by atoms with van der Waals surface area (Å²) in [4.78, 5) is 4.37. The van der Waals surface area contributed by atoms with Crippen LogP contribution in [0.4, 0.5) is 0 Å². The predicted molar refractivity (Wildman–Crippen MR) is 74.6 cm³/mol. The Balaban J connectivity index is 2.11. The van der Waals surface area contributed by atoms with Crippen LogP contribution in [0.3, 0.4) is 0 Å². The summed E-state index contributed by atoms with van der Waals surface area (Å²) in [6.07, 6.45) is 5.66. The van der Waals surface area contributed by atoms with E-state index in [-0.39, 0.29) is 6.04 Å². The molecular weight excluding hydrogens is 246 g/mol. The fourth-order valence-corrected chi connectivity index (χ4v) is 2.22. The van der Waals surface area contributed by atoms with Crippen molar-refractivity contribution in [1.82, 2.24) is 9.55 Å². The average molecular weight is 264 g/mol. The Morgan fingerprint density at radius 3 is 3.00 bits per heavy atom. The molecule has 1 aromatic heterocycles. The normalized spacial score (nSPS) is 12.6. The SMILES string of the molecule is CCCn1ccnc1CC(N)c1cccc(Cl)c1. The van der Waals surface area contributed by atoms with Crippen LogP contribution in [0.1, 0.15) is 30.8 Å². The summed E-state index contributed by atoms with van der Waals surface area (Å²) in [6.45, 7) is 3.14. The van der Waals surface area contributed by atoms with Crippen LogP contribution in [-0.4, -0.2) is 9.55 Å². The molecule has 4 heteroatoms. The lowest BCUT2D eigenvalue weighted by atomic mass is 10.0. The van der Waals surface area contributed by atoms with Crippen molar-refractivity contribution in [2.24, 2.45) is 5.73 Å². The third-order valence-electron chi connectivity index (χ3n) is 2.95. The largest absolute Gasteiger partial charge is 0.335 e. The summed E-state index contributed by atoms with van der Waals surface area (Å²) in [6, 6.07) is 7.64. The Kier molecular flexibility index (Phi) is 4.39. The fraction of sp³-hybridized carbons (Fsp3) is 0.357. The number of benzene rings is 1. The molecule has 0 saturated heterocycles. The standard InChI is InChI=1S/C14H18ClN3/c1-2-7-18-8-6-17-14(18)10-13(16)11-4-3-5-12(15)9-11/h3-6,8-9,13H,2,7,10,16H2,1H3. The fourth-order valence-electron chi connectivity index (χ4n) is 2.03. The van der Waals surface area contributed by atoms with Gasteiger partial charge >= 0.3 is 0 Å². The van der Waals surface area contributed by atoms with Crippen LogP contribution in [0.25, 0.3) is 0 Å². The van der Waals surface area contributed by atoms with Crippen molar-refractivity contribution in [1.29, 1.82) is 0 Å². The second-order valence-electron chi connectivity index (χ2n) is 4.40. The van der Waals surface area contributed by atoms with Crippen LogP contribution in [-0.2, 0) is 13.0 Å². The number of aryl methyl sites for hydroxylation is 1. The number of hydrogen-bond donors (Lipinski definition) is 1. The monoisotopic (exact) mass is 263 g/mol. The van der Waals surface area contributed by atoms with Crippen LogP contribution in [0.15, 0.2) is 36.7 Å². The number of nitrogens with two attached hydrogens (primary N) is 1. The van der Waals surface area contributed by atoms with Crippen molar-refractivity contribution in [3.8, 4) is 0 Å². The van der Waals surface area contributed by atoms with Crippen molar-refractivity contribution in [3.63, 3.8) is 0 Å². The Labute approximate surface area is 113 Å². The summed E-state index contributed by atoms with van der Waals surface area (Å²) < 4.78 is 2.16. The van der Waals surface area contributed by atoms with Gasteiger partial charge in [-0.2, -0.15) is 0 Å². The number of halogens is 1. The Hall–Kier alpha value is -1.32. The van der Waals surface area contributed by atoms with E-state index in [1.807, 2.05) is 36.7 Å². The van der Waals surface area contributed by atoms with E-state index in [0.29, 0.717) is 0 Å². The summed E-state index contributed by atoms with van der Waals surface area (Å²) >= 11 is 5.98. The molecular formula is C14H18ClN3. The molecule has 1 heterocycles. The third kappa shape index (κ3) is 3.12. The zero-order chi connectivity index (χ0) is 13.0. The minimum Gasteiger partial charge on any atom is -0.335 e. The first-order valence-corrected chi connectivity index (χ1v) is 6.59. The second kappa shape index (κ2) is 6.03. The van der Waals surface area contributed by atoms with Crippen molar-refractivity contribution < 1.29 is 0 Å². The molecule has 0 aliphatic carbocycles. The number of hydrogen-bond acceptors (Lipinski definition) is 2. The first-order chi connectivity index (χ1) is 8.70. The zero-order valence-electron chi connectivity index (χ0n) is 10.5. The van der Waals surface area contributed by atoms with E-state index in [1.165, 1.54) is 0 Å². The molecule has 1 aromatic carbocycles. The first-order valence-electron chi connectivity index (χ1n) is 6.21. The lowest BCUT2D eigenvalue weighted by Crippen LogP contribution is -2.16. The summed E-state index contributed by atoms with van der Waals surface area (Å²) in [7, 11) is 0. The first kappa shape index (κ1) is 13.1. The number of rotatable bonds is 5. The molecule has 0 aliphatic heterocycles. The summed E-state index contributed by atoms with van der Waals surface area (Å²) in [5.41, 5.74) is 7.26. The Bertz CT molecular complexity index is 507. The second-order valence-corrected chi connectivity index (χ2v) is 4.84. The highest BCUT2D eigenvalue weighted by molar-refractivity contribution is 6.30. The zero-order valence-corrected chi connectivity index (χ0v) is 11.3. The highest BCUT2D eigenvalue weighted by Gasteiger charge is 2.11. The quantitative estimate of drug-likeness (QED) is 0.900. The van der Waals surface area contributed by atoms with Gasteiger partial charge in [-0.1, -0.05) is 30.7 Å². The number of imidazole rings is 1. The van der Waals surface area contributed by atoms with E-state index in [4.69, 9.17) is 17.3 Å². The molecule has 3 nitrogen and oxygen atoms in total. The molecule has 2 aromatic rings. The topological polar surface area (TPSA) is 43.8 Å². The van der Waals surface area contributed by atoms with Crippen molar-refractivity contribution in [2.45, 2.75) is 32.4 Å². The molecule has 1 unspecified atom stereocenters. The van der Waals surface area contributed by atoms with Gasteiger partial charge in [-0.05, 0) is 24.1 Å². The van der Waals surface area contributed by atoms with Crippen LogP contribution in [0.2, 0.25) is 5.02 Å². The maximum Gasteiger partial charge on any atom is 0.110 e. The van der Waals surface area contributed by atoms with E-state index >= 15 is 0 Å². The molecule has 1 atom stereocenters. The minimum atomic E-state index is -0.0679. The van der Waals surface area contributed by atoms with Gasteiger partial charge in [0, 0.05) is 36.4 Å². The lowest BCUT2D eigenvalue weighted by Gasteiger charge is -2.13. The molecule has 0 fully saturated rings. The molecule has 2 rings (SSSR count). The van der Waals surface area contributed by atoms with Gasteiger partial charge in [0.2, 0.25) is 0 Å². The highest BCUT2D eigenvalue weighted by atomic mass is 35.5. The lowest BCUT2D eigenvalue weighted by molar-refractivity contribution is 0.599. The third-order valence-corrected chi connectivity index (χ3v) is 3.18. The summed E-state index contributed by atoms with van der Waals surface area (Å²) in [5.74, 6) is 1.03. The molecule has 0 saturated carbocycles. The number of nitrogens with zero attached hydrogens (tertiary/aromatic N) is 2. The molecule has 0 radical (unpaired) electrons.